The molecule has 3 heteroatoms. The van der Waals surface area contributed by atoms with Crippen LogP contribution in [0.2, 0.25) is 0 Å². The minimum absolute atomic E-state index is 0.0216. The van der Waals surface area contributed by atoms with E-state index in [1.807, 2.05) is 47.3 Å². The first-order valence-corrected chi connectivity index (χ1v) is 5.38. The molecule has 3 nitrogen and oxygen atoms in total. The molecule has 0 aliphatic rings. The van der Waals surface area contributed by atoms with E-state index in [4.69, 9.17) is 10.8 Å². The van der Waals surface area contributed by atoms with E-state index in [0.29, 0.717) is 6.42 Å². The van der Waals surface area contributed by atoms with Gasteiger partial charge in [0.05, 0.1) is 6.61 Å². The molecule has 1 heterocycles. The number of nitrogens with two attached hydrogens (primary N) is 1. The molecule has 2 rings (SSSR count). The maximum absolute atomic E-state index is 8.92. The molecule has 0 saturated heterocycles. The lowest BCUT2D eigenvalue weighted by molar-refractivity contribution is 0.265. The molecule has 0 aliphatic heterocycles. The normalized spacial score (nSPS) is 12.6. The second-order valence-corrected chi connectivity index (χ2v) is 3.91. The highest BCUT2D eigenvalue weighted by atomic mass is 16.3. The van der Waals surface area contributed by atoms with Gasteiger partial charge >= 0.3 is 0 Å². The maximum atomic E-state index is 8.92. The van der Waals surface area contributed by atoms with Gasteiger partial charge in [0.1, 0.15) is 0 Å². The van der Waals surface area contributed by atoms with Crippen molar-refractivity contribution in [3.63, 3.8) is 0 Å². The molecule has 0 bridgehead atoms. The zero-order chi connectivity index (χ0) is 11.4. The summed E-state index contributed by atoms with van der Waals surface area (Å²) in [6, 6.07) is 12.0. The molecule has 0 spiro atoms. The van der Waals surface area contributed by atoms with Gasteiger partial charge in [-0.3, -0.25) is 0 Å². The lowest BCUT2D eigenvalue weighted by Gasteiger charge is -2.10. The Labute approximate surface area is 95.1 Å². The minimum atomic E-state index is -0.181. The molecule has 0 aliphatic carbocycles. The Hall–Kier alpha value is -1.58. The predicted octanol–water partition coefficient (Wildman–Crippen LogP) is 1.34. The van der Waals surface area contributed by atoms with Crippen LogP contribution in [0.15, 0.2) is 48.8 Å². The van der Waals surface area contributed by atoms with Crippen LogP contribution in [-0.2, 0) is 6.42 Å². The van der Waals surface area contributed by atoms with Crippen LogP contribution in [-0.4, -0.2) is 22.3 Å². The molecule has 2 aromatic rings. The third-order valence-electron chi connectivity index (χ3n) is 2.55. The number of aliphatic hydroxyl groups is 1. The van der Waals surface area contributed by atoms with E-state index < -0.39 is 0 Å². The molecule has 84 valence electrons. The third-order valence-corrected chi connectivity index (χ3v) is 2.55. The number of aliphatic hydroxyl groups excluding tert-OH is 1. The first-order chi connectivity index (χ1) is 7.79. The standard InChI is InChI=1S/C13H16N2O/c14-12(10-16)8-11-4-3-5-13(9-11)15-6-1-2-7-15/h1-7,9,12,16H,8,10,14H2. The molecule has 16 heavy (non-hydrogen) atoms. The molecule has 0 saturated carbocycles. The Kier molecular flexibility index (Phi) is 3.39. The van der Waals surface area contributed by atoms with E-state index in [1.165, 1.54) is 0 Å². The van der Waals surface area contributed by atoms with Gasteiger partial charge in [-0.15, -0.1) is 0 Å². The summed E-state index contributed by atoms with van der Waals surface area (Å²) in [4.78, 5) is 0. The molecular weight excluding hydrogens is 200 g/mol. The number of benzene rings is 1. The van der Waals surface area contributed by atoms with Crippen LogP contribution in [0, 0.1) is 0 Å². The summed E-state index contributed by atoms with van der Waals surface area (Å²) in [5.41, 5.74) is 7.98. The number of nitrogens with zero attached hydrogens (tertiary/aromatic N) is 1. The van der Waals surface area contributed by atoms with Gasteiger partial charge in [-0.1, -0.05) is 12.1 Å². The van der Waals surface area contributed by atoms with Crippen molar-refractivity contribution in [1.82, 2.24) is 4.57 Å². The molecule has 1 unspecified atom stereocenters. The van der Waals surface area contributed by atoms with Crippen molar-refractivity contribution in [1.29, 1.82) is 0 Å². The summed E-state index contributed by atoms with van der Waals surface area (Å²) in [6.45, 7) is 0.0216. The van der Waals surface area contributed by atoms with Gasteiger partial charge in [0.15, 0.2) is 0 Å². The van der Waals surface area contributed by atoms with Crippen molar-refractivity contribution in [2.45, 2.75) is 12.5 Å². The molecule has 1 atom stereocenters. The van der Waals surface area contributed by atoms with E-state index in [9.17, 15) is 0 Å². The van der Waals surface area contributed by atoms with Gasteiger partial charge in [0.25, 0.3) is 0 Å². The van der Waals surface area contributed by atoms with E-state index in [-0.39, 0.29) is 12.6 Å². The zero-order valence-corrected chi connectivity index (χ0v) is 9.08. The highest BCUT2D eigenvalue weighted by molar-refractivity contribution is 5.36. The lowest BCUT2D eigenvalue weighted by atomic mass is 10.1. The van der Waals surface area contributed by atoms with Crippen molar-refractivity contribution in [2.24, 2.45) is 5.73 Å². The predicted molar refractivity (Wildman–Crippen MR) is 64.5 cm³/mol. The van der Waals surface area contributed by atoms with Crippen LogP contribution in [0.4, 0.5) is 0 Å². The Morgan fingerprint density at radius 1 is 1.19 bits per heavy atom. The number of rotatable bonds is 4. The van der Waals surface area contributed by atoms with Crippen LogP contribution in [0.25, 0.3) is 5.69 Å². The monoisotopic (exact) mass is 216 g/mol. The fourth-order valence-corrected chi connectivity index (χ4v) is 1.72. The van der Waals surface area contributed by atoms with E-state index in [0.717, 1.165) is 11.3 Å². The van der Waals surface area contributed by atoms with Crippen LogP contribution < -0.4 is 5.73 Å². The summed E-state index contributed by atoms with van der Waals surface area (Å²) >= 11 is 0. The first kappa shape index (κ1) is 10.9. The lowest BCUT2D eigenvalue weighted by Crippen LogP contribution is -2.26. The topological polar surface area (TPSA) is 51.2 Å². The average Bonchev–Trinajstić information content (AvgIpc) is 2.83. The summed E-state index contributed by atoms with van der Waals surface area (Å²) in [6.07, 6.45) is 4.71. The molecule has 1 aromatic carbocycles. The number of hydrogen-bond donors (Lipinski definition) is 2. The quantitative estimate of drug-likeness (QED) is 0.810. The maximum Gasteiger partial charge on any atom is 0.0585 e. The fourth-order valence-electron chi connectivity index (χ4n) is 1.72. The molecule has 0 radical (unpaired) electrons. The average molecular weight is 216 g/mol. The van der Waals surface area contributed by atoms with Crippen molar-refractivity contribution in [2.75, 3.05) is 6.61 Å². The number of hydrogen-bond acceptors (Lipinski definition) is 2. The molecule has 1 aromatic heterocycles. The molecule has 0 amide bonds. The summed E-state index contributed by atoms with van der Waals surface area (Å²) < 4.78 is 2.05. The van der Waals surface area contributed by atoms with Gasteiger partial charge in [-0.2, -0.15) is 0 Å². The smallest absolute Gasteiger partial charge is 0.0585 e. The summed E-state index contributed by atoms with van der Waals surface area (Å²) in [7, 11) is 0. The summed E-state index contributed by atoms with van der Waals surface area (Å²) in [5, 5.41) is 8.92. The fraction of sp³-hybridized carbons (Fsp3) is 0.231. The SMILES string of the molecule is NC(CO)Cc1cccc(-n2cccc2)c1. The Morgan fingerprint density at radius 2 is 1.94 bits per heavy atom. The molecule has 3 N–H and O–H groups in total. The molecular formula is C13H16N2O. The first-order valence-electron chi connectivity index (χ1n) is 5.38. The minimum Gasteiger partial charge on any atom is -0.395 e. The van der Waals surface area contributed by atoms with Crippen molar-refractivity contribution < 1.29 is 5.11 Å². The van der Waals surface area contributed by atoms with E-state index in [1.54, 1.807) is 0 Å². The largest absolute Gasteiger partial charge is 0.395 e. The van der Waals surface area contributed by atoms with E-state index >= 15 is 0 Å². The van der Waals surface area contributed by atoms with Crippen molar-refractivity contribution in [3.05, 3.63) is 54.4 Å². The van der Waals surface area contributed by atoms with Gasteiger partial charge in [-0.05, 0) is 36.2 Å². The number of aromatic nitrogens is 1. The summed E-state index contributed by atoms with van der Waals surface area (Å²) in [5.74, 6) is 0. The van der Waals surface area contributed by atoms with Gasteiger partial charge in [-0.25, -0.2) is 0 Å². The van der Waals surface area contributed by atoms with Gasteiger partial charge in [0, 0.05) is 24.1 Å². The highest BCUT2D eigenvalue weighted by Crippen LogP contribution is 2.12. The Bertz CT molecular complexity index is 437. The van der Waals surface area contributed by atoms with Crippen LogP contribution >= 0.6 is 0 Å². The second kappa shape index (κ2) is 4.96. The van der Waals surface area contributed by atoms with E-state index in [2.05, 4.69) is 6.07 Å². The van der Waals surface area contributed by atoms with Crippen molar-refractivity contribution >= 4 is 0 Å². The zero-order valence-electron chi connectivity index (χ0n) is 9.08. The Morgan fingerprint density at radius 3 is 2.62 bits per heavy atom. The van der Waals surface area contributed by atoms with Crippen LogP contribution in [0.5, 0.6) is 0 Å². The second-order valence-electron chi connectivity index (χ2n) is 3.91. The highest BCUT2D eigenvalue weighted by Gasteiger charge is 2.03. The molecule has 0 fully saturated rings. The van der Waals surface area contributed by atoms with Gasteiger partial charge in [0.2, 0.25) is 0 Å². The van der Waals surface area contributed by atoms with Crippen molar-refractivity contribution in [3.8, 4) is 5.69 Å². The van der Waals surface area contributed by atoms with Crippen LogP contribution in [0.1, 0.15) is 5.56 Å². The van der Waals surface area contributed by atoms with Gasteiger partial charge < -0.3 is 15.4 Å². The van der Waals surface area contributed by atoms with Crippen LogP contribution in [0.3, 0.4) is 0 Å². The Balaban J connectivity index is 2.20. The third kappa shape index (κ3) is 2.51.